The molecule has 0 saturated carbocycles. The van der Waals surface area contributed by atoms with Crippen LogP contribution in [0, 0.1) is 0 Å². The summed E-state index contributed by atoms with van der Waals surface area (Å²) in [4.78, 5) is 16.6. The molecule has 0 fully saturated rings. The number of thiazole rings is 1. The van der Waals surface area contributed by atoms with E-state index in [-0.39, 0.29) is 5.75 Å². The summed E-state index contributed by atoms with van der Waals surface area (Å²) in [7, 11) is -3.53. The molecule has 1 aromatic heterocycles. The summed E-state index contributed by atoms with van der Waals surface area (Å²) in [5.74, 6) is -1.27. The van der Waals surface area contributed by atoms with Crippen molar-refractivity contribution in [2.75, 3.05) is 11.1 Å². The number of amides is 1. The van der Waals surface area contributed by atoms with E-state index in [2.05, 4.69) is 10.3 Å². The normalized spacial score (nSPS) is 11.6. The summed E-state index contributed by atoms with van der Waals surface area (Å²) < 4.78 is 25.4. The number of sulfone groups is 1. The lowest BCUT2D eigenvalue weighted by Gasteiger charge is -2.04. The number of carbonyl (C=O) groups is 1. The van der Waals surface area contributed by atoms with E-state index in [0.29, 0.717) is 10.7 Å². The highest BCUT2D eigenvalue weighted by Gasteiger charge is 2.19. The first-order valence-electron chi connectivity index (χ1n) is 7.89. The van der Waals surface area contributed by atoms with Gasteiger partial charge in [0.25, 0.3) is 0 Å². The number of anilines is 1. The topological polar surface area (TPSA) is 76.1 Å². The molecule has 3 rings (SSSR count). The summed E-state index contributed by atoms with van der Waals surface area (Å²) in [6.07, 6.45) is 0.847. The third-order valence-electron chi connectivity index (χ3n) is 3.71. The lowest BCUT2D eigenvalue weighted by Crippen LogP contribution is -2.23. The van der Waals surface area contributed by atoms with Crippen molar-refractivity contribution in [3.05, 3.63) is 59.7 Å². The molecule has 2 aromatic carbocycles. The van der Waals surface area contributed by atoms with E-state index in [1.807, 2.05) is 31.2 Å². The van der Waals surface area contributed by atoms with E-state index in [0.717, 1.165) is 22.2 Å². The minimum atomic E-state index is -3.53. The van der Waals surface area contributed by atoms with Gasteiger partial charge in [0.2, 0.25) is 5.91 Å². The Kier molecular flexibility index (Phi) is 5.15. The van der Waals surface area contributed by atoms with E-state index in [9.17, 15) is 13.2 Å². The zero-order valence-corrected chi connectivity index (χ0v) is 15.4. The number of nitrogens with one attached hydrogen (secondary N) is 1. The number of para-hydroxylation sites is 1. The SMILES string of the molecule is CCc1cccc2sc(NC(=O)CS(=O)(=O)Cc3ccccc3)nc12. The molecule has 0 atom stereocenters. The van der Waals surface area contributed by atoms with Crippen molar-refractivity contribution in [1.82, 2.24) is 4.98 Å². The predicted octanol–water partition coefficient (Wildman–Crippen LogP) is 3.41. The van der Waals surface area contributed by atoms with Crippen molar-refractivity contribution >= 4 is 42.4 Å². The highest BCUT2D eigenvalue weighted by molar-refractivity contribution is 7.91. The maximum absolute atomic E-state index is 12.2. The second-order valence-corrected chi connectivity index (χ2v) is 8.80. The van der Waals surface area contributed by atoms with Crippen LogP contribution in [0.25, 0.3) is 10.2 Å². The Bertz CT molecular complexity index is 996. The van der Waals surface area contributed by atoms with Crippen LogP contribution < -0.4 is 5.32 Å². The number of hydrogen-bond donors (Lipinski definition) is 1. The number of aromatic nitrogens is 1. The van der Waals surface area contributed by atoms with Crippen molar-refractivity contribution in [2.45, 2.75) is 19.1 Å². The van der Waals surface area contributed by atoms with Gasteiger partial charge in [-0.2, -0.15) is 0 Å². The van der Waals surface area contributed by atoms with Crippen molar-refractivity contribution < 1.29 is 13.2 Å². The van der Waals surface area contributed by atoms with Crippen LogP contribution in [0.5, 0.6) is 0 Å². The maximum atomic E-state index is 12.2. The number of rotatable bonds is 6. The number of benzene rings is 2. The Labute approximate surface area is 150 Å². The molecule has 3 aromatic rings. The van der Waals surface area contributed by atoms with E-state index in [1.165, 1.54) is 11.3 Å². The van der Waals surface area contributed by atoms with Gasteiger partial charge in [-0.05, 0) is 23.6 Å². The molecule has 0 aliphatic carbocycles. The number of nitrogens with zero attached hydrogens (tertiary/aromatic N) is 1. The van der Waals surface area contributed by atoms with Crippen molar-refractivity contribution in [3.8, 4) is 0 Å². The van der Waals surface area contributed by atoms with Gasteiger partial charge >= 0.3 is 0 Å². The molecule has 5 nitrogen and oxygen atoms in total. The fourth-order valence-corrected chi connectivity index (χ4v) is 4.78. The van der Waals surface area contributed by atoms with Crippen LogP contribution in [-0.4, -0.2) is 25.1 Å². The molecule has 130 valence electrons. The summed E-state index contributed by atoms with van der Waals surface area (Å²) in [6.45, 7) is 2.04. The standard InChI is InChI=1S/C18H18N2O3S2/c1-2-14-9-6-10-15-17(14)20-18(24-15)19-16(21)12-25(22,23)11-13-7-4-3-5-8-13/h3-10H,2,11-12H2,1H3,(H,19,20,21). The van der Waals surface area contributed by atoms with Gasteiger partial charge in [0, 0.05) is 0 Å². The summed E-state index contributed by atoms with van der Waals surface area (Å²) >= 11 is 1.35. The highest BCUT2D eigenvalue weighted by Crippen LogP contribution is 2.28. The second kappa shape index (κ2) is 7.33. The molecule has 0 aliphatic heterocycles. The summed E-state index contributed by atoms with van der Waals surface area (Å²) in [5.41, 5.74) is 2.63. The average Bonchev–Trinajstić information content (AvgIpc) is 2.96. The number of carbonyl (C=O) groups excluding carboxylic acids is 1. The summed E-state index contributed by atoms with van der Waals surface area (Å²) in [6, 6.07) is 14.7. The molecule has 7 heteroatoms. The number of hydrogen-bond acceptors (Lipinski definition) is 5. The van der Waals surface area contributed by atoms with Crippen LogP contribution in [0.1, 0.15) is 18.1 Å². The minimum Gasteiger partial charge on any atom is -0.301 e. The predicted molar refractivity (Wildman–Crippen MR) is 102 cm³/mol. The van der Waals surface area contributed by atoms with Crippen LogP contribution in [0.2, 0.25) is 0 Å². The van der Waals surface area contributed by atoms with Crippen molar-refractivity contribution in [2.24, 2.45) is 0 Å². The van der Waals surface area contributed by atoms with Crippen LogP contribution in [-0.2, 0) is 26.8 Å². The first-order chi connectivity index (χ1) is 12.0. The molecule has 0 unspecified atom stereocenters. The molecule has 1 heterocycles. The maximum Gasteiger partial charge on any atom is 0.241 e. The third kappa shape index (κ3) is 4.43. The lowest BCUT2D eigenvalue weighted by atomic mass is 10.1. The number of fused-ring (bicyclic) bond motifs is 1. The molecule has 0 bridgehead atoms. The second-order valence-electron chi connectivity index (χ2n) is 5.70. The Hall–Kier alpha value is -2.25. The molecular weight excluding hydrogens is 356 g/mol. The van der Waals surface area contributed by atoms with Crippen LogP contribution >= 0.6 is 11.3 Å². The first kappa shape index (κ1) is 17.6. The van der Waals surface area contributed by atoms with Gasteiger partial charge in [-0.25, -0.2) is 13.4 Å². The van der Waals surface area contributed by atoms with Gasteiger partial charge in [0.15, 0.2) is 15.0 Å². The molecule has 0 radical (unpaired) electrons. The molecular formula is C18H18N2O3S2. The van der Waals surface area contributed by atoms with Gasteiger partial charge in [-0.1, -0.05) is 60.7 Å². The van der Waals surface area contributed by atoms with Gasteiger partial charge in [-0.3, -0.25) is 4.79 Å². The Morgan fingerprint density at radius 2 is 1.88 bits per heavy atom. The monoisotopic (exact) mass is 374 g/mol. The van der Waals surface area contributed by atoms with Crippen molar-refractivity contribution in [1.29, 1.82) is 0 Å². The smallest absolute Gasteiger partial charge is 0.241 e. The van der Waals surface area contributed by atoms with Crippen LogP contribution in [0.3, 0.4) is 0 Å². The van der Waals surface area contributed by atoms with E-state index in [4.69, 9.17) is 0 Å². The fraction of sp³-hybridized carbons (Fsp3) is 0.222. The van der Waals surface area contributed by atoms with Crippen LogP contribution in [0.15, 0.2) is 48.5 Å². The van der Waals surface area contributed by atoms with Gasteiger partial charge < -0.3 is 5.32 Å². The molecule has 0 spiro atoms. The van der Waals surface area contributed by atoms with Crippen molar-refractivity contribution in [3.63, 3.8) is 0 Å². The van der Waals surface area contributed by atoms with E-state index in [1.54, 1.807) is 24.3 Å². The zero-order chi connectivity index (χ0) is 17.9. The quantitative estimate of drug-likeness (QED) is 0.717. The summed E-state index contributed by atoms with van der Waals surface area (Å²) in [5, 5.41) is 3.04. The zero-order valence-electron chi connectivity index (χ0n) is 13.7. The third-order valence-corrected chi connectivity index (χ3v) is 6.12. The first-order valence-corrected chi connectivity index (χ1v) is 10.5. The van der Waals surface area contributed by atoms with Gasteiger partial charge in [-0.15, -0.1) is 0 Å². The Balaban J connectivity index is 1.70. The molecule has 1 N–H and O–H groups in total. The minimum absolute atomic E-state index is 0.152. The average molecular weight is 374 g/mol. The molecule has 0 aliphatic rings. The van der Waals surface area contributed by atoms with Gasteiger partial charge in [0.05, 0.1) is 16.0 Å². The van der Waals surface area contributed by atoms with E-state index >= 15 is 0 Å². The Morgan fingerprint density at radius 3 is 2.60 bits per heavy atom. The van der Waals surface area contributed by atoms with Gasteiger partial charge in [0.1, 0.15) is 5.75 Å². The fourth-order valence-electron chi connectivity index (χ4n) is 2.58. The molecule has 25 heavy (non-hydrogen) atoms. The van der Waals surface area contributed by atoms with Crippen LogP contribution in [0.4, 0.5) is 5.13 Å². The number of aryl methyl sites for hydroxylation is 1. The molecule has 0 saturated heterocycles. The molecule has 1 amide bonds. The largest absolute Gasteiger partial charge is 0.301 e. The lowest BCUT2D eigenvalue weighted by molar-refractivity contribution is -0.113. The highest BCUT2D eigenvalue weighted by atomic mass is 32.2. The Morgan fingerprint density at radius 1 is 1.12 bits per heavy atom. The van der Waals surface area contributed by atoms with E-state index < -0.39 is 21.5 Å².